The van der Waals surface area contributed by atoms with Crippen LogP contribution >= 0.6 is 0 Å². The molecule has 178 valence electrons. The van der Waals surface area contributed by atoms with Gasteiger partial charge in [0.05, 0.1) is 14.2 Å². The molecule has 2 aromatic carbocycles. The van der Waals surface area contributed by atoms with Crippen LogP contribution in [-0.2, 0) is 16.4 Å². The first kappa shape index (κ1) is 23.6. The molecule has 1 N–H and O–H groups in total. The van der Waals surface area contributed by atoms with Crippen LogP contribution in [0.15, 0.2) is 47.4 Å². The van der Waals surface area contributed by atoms with Crippen molar-refractivity contribution in [3.63, 3.8) is 0 Å². The second-order valence-electron chi connectivity index (χ2n) is 8.88. The number of hydrogen-bond acceptors (Lipinski definition) is 5. The van der Waals surface area contributed by atoms with E-state index in [2.05, 4.69) is 16.9 Å². The lowest BCUT2D eigenvalue weighted by Gasteiger charge is -2.32. The molecular formula is C25H32N2O5S. The summed E-state index contributed by atoms with van der Waals surface area (Å²) in [7, 11) is -0.625. The Kier molecular flexibility index (Phi) is 7.24. The summed E-state index contributed by atoms with van der Waals surface area (Å²) >= 11 is 0. The maximum absolute atomic E-state index is 13.1. The number of aryl methyl sites for hydroxylation is 1. The van der Waals surface area contributed by atoms with Crippen LogP contribution in [0.2, 0.25) is 0 Å². The van der Waals surface area contributed by atoms with Crippen LogP contribution in [0.1, 0.15) is 48.0 Å². The molecule has 0 bridgehead atoms. The SMILES string of the molecule is COc1ccc(CCC2CCN(C(=O)c3ccc(OC)c(S(=O)(=O)NC4CC4)c3)CC2)cc1. The van der Waals surface area contributed by atoms with Gasteiger partial charge < -0.3 is 14.4 Å². The summed E-state index contributed by atoms with van der Waals surface area (Å²) in [6, 6.07) is 12.8. The summed E-state index contributed by atoms with van der Waals surface area (Å²) in [6.07, 6.45) is 5.68. The number of hydrogen-bond donors (Lipinski definition) is 1. The second kappa shape index (κ2) is 10.1. The van der Waals surface area contributed by atoms with Gasteiger partial charge in [-0.25, -0.2) is 13.1 Å². The lowest BCUT2D eigenvalue weighted by Crippen LogP contribution is -2.38. The monoisotopic (exact) mass is 472 g/mol. The average molecular weight is 473 g/mol. The third-order valence-corrected chi connectivity index (χ3v) is 8.04. The van der Waals surface area contributed by atoms with Gasteiger partial charge in [-0.3, -0.25) is 4.79 Å². The van der Waals surface area contributed by atoms with Crippen molar-refractivity contribution in [2.45, 2.75) is 49.5 Å². The summed E-state index contributed by atoms with van der Waals surface area (Å²) in [6.45, 7) is 1.36. The molecule has 8 heteroatoms. The number of likely N-dealkylation sites (tertiary alicyclic amines) is 1. The van der Waals surface area contributed by atoms with E-state index in [9.17, 15) is 13.2 Å². The summed E-state index contributed by atoms with van der Waals surface area (Å²) in [4.78, 5) is 15.0. The summed E-state index contributed by atoms with van der Waals surface area (Å²) in [5.74, 6) is 1.56. The maximum Gasteiger partial charge on any atom is 0.253 e. The first-order valence-corrected chi connectivity index (χ1v) is 13.0. The molecule has 1 saturated carbocycles. The van der Waals surface area contributed by atoms with Crippen molar-refractivity contribution in [1.29, 1.82) is 0 Å². The van der Waals surface area contributed by atoms with Crippen molar-refractivity contribution in [2.75, 3.05) is 27.3 Å². The van der Waals surface area contributed by atoms with Gasteiger partial charge in [0.15, 0.2) is 0 Å². The highest BCUT2D eigenvalue weighted by molar-refractivity contribution is 7.89. The molecule has 1 aliphatic carbocycles. The second-order valence-corrected chi connectivity index (χ2v) is 10.6. The topological polar surface area (TPSA) is 84.9 Å². The molecule has 0 atom stereocenters. The number of carbonyl (C=O) groups is 1. The molecule has 4 rings (SSSR count). The summed E-state index contributed by atoms with van der Waals surface area (Å²) in [5.41, 5.74) is 1.67. The van der Waals surface area contributed by atoms with Crippen molar-refractivity contribution >= 4 is 15.9 Å². The number of methoxy groups -OCH3 is 2. The zero-order valence-electron chi connectivity index (χ0n) is 19.2. The number of nitrogens with zero attached hydrogens (tertiary/aromatic N) is 1. The van der Waals surface area contributed by atoms with Gasteiger partial charge in [0.1, 0.15) is 16.4 Å². The molecule has 1 amide bonds. The molecule has 0 unspecified atom stereocenters. The third kappa shape index (κ3) is 5.86. The molecule has 0 radical (unpaired) electrons. The van der Waals surface area contributed by atoms with Gasteiger partial charge in [-0.1, -0.05) is 12.1 Å². The van der Waals surface area contributed by atoms with E-state index in [-0.39, 0.29) is 22.6 Å². The van der Waals surface area contributed by atoms with Gasteiger partial charge >= 0.3 is 0 Å². The van der Waals surface area contributed by atoms with Crippen molar-refractivity contribution in [2.24, 2.45) is 5.92 Å². The van der Waals surface area contributed by atoms with E-state index in [4.69, 9.17) is 9.47 Å². The first-order chi connectivity index (χ1) is 15.9. The molecule has 2 aliphatic rings. The van der Waals surface area contributed by atoms with Gasteiger partial charge in [-0.2, -0.15) is 0 Å². The third-order valence-electron chi connectivity index (χ3n) is 6.50. The van der Waals surface area contributed by atoms with E-state index >= 15 is 0 Å². The van der Waals surface area contributed by atoms with E-state index in [0.29, 0.717) is 24.6 Å². The van der Waals surface area contributed by atoms with Gasteiger partial charge in [-0.05, 0) is 80.3 Å². The Hall–Kier alpha value is -2.58. The number of carbonyl (C=O) groups excluding carboxylic acids is 1. The van der Waals surface area contributed by atoms with Gasteiger partial charge in [-0.15, -0.1) is 0 Å². The number of amides is 1. The highest BCUT2D eigenvalue weighted by Crippen LogP contribution is 2.30. The Balaban J connectivity index is 1.35. The van der Waals surface area contributed by atoms with E-state index in [1.807, 2.05) is 17.0 Å². The van der Waals surface area contributed by atoms with E-state index in [1.54, 1.807) is 19.2 Å². The molecule has 0 spiro atoms. The zero-order chi connectivity index (χ0) is 23.4. The van der Waals surface area contributed by atoms with Crippen LogP contribution in [0.25, 0.3) is 0 Å². The quantitative estimate of drug-likeness (QED) is 0.602. The average Bonchev–Trinajstić information content (AvgIpc) is 3.66. The minimum Gasteiger partial charge on any atom is -0.497 e. The Morgan fingerprint density at radius 1 is 1.00 bits per heavy atom. The summed E-state index contributed by atoms with van der Waals surface area (Å²) in [5, 5.41) is 0. The number of benzene rings is 2. The zero-order valence-corrected chi connectivity index (χ0v) is 20.1. The minimum atomic E-state index is -3.73. The molecule has 33 heavy (non-hydrogen) atoms. The van der Waals surface area contributed by atoms with Crippen molar-refractivity contribution in [3.05, 3.63) is 53.6 Å². The van der Waals surface area contributed by atoms with Crippen molar-refractivity contribution < 1.29 is 22.7 Å². The van der Waals surface area contributed by atoms with E-state index in [1.165, 1.54) is 18.7 Å². The maximum atomic E-state index is 13.1. The molecule has 2 fully saturated rings. The molecule has 7 nitrogen and oxygen atoms in total. The predicted octanol–water partition coefficient (Wildman–Crippen LogP) is 3.63. The number of nitrogens with one attached hydrogen (secondary N) is 1. The van der Waals surface area contributed by atoms with E-state index < -0.39 is 10.0 Å². The number of rotatable bonds is 9. The van der Waals surface area contributed by atoms with Crippen molar-refractivity contribution in [1.82, 2.24) is 9.62 Å². The molecule has 1 heterocycles. The number of ether oxygens (including phenoxy) is 2. The van der Waals surface area contributed by atoms with Gasteiger partial charge in [0.25, 0.3) is 5.91 Å². The lowest BCUT2D eigenvalue weighted by atomic mass is 9.90. The first-order valence-electron chi connectivity index (χ1n) is 11.5. The van der Waals surface area contributed by atoms with Gasteiger partial charge in [0, 0.05) is 24.7 Å². The fourth-order valence-electron chi connectivity index (χ4n) is 4.27. The summed E-state index contributed by atoms with van der Waals surface area (Å²) < 4.78 is 38.6. The predicted molar refractivity (Wildman–Crippen MR) is 126 cm³/mol. The minimum absolute atomic E-state index is 0.0176. The normalized spacial score (nSPS) is 17.1. The Morgan fingerprint density at radius 2 is 1.70 bits per heavy atom. The van der Waals surface area contributed by atoms with Gasteiger partial charge in [0.2, 0.25) is 10.0 Å². The fourth-order valence-corrected chi connectivity index (χ4v) is 5.77. The Morgan fingerprint density at radius 3 is 2.30 bits per heavy atom. The van der Waals surface area contributed by atoms with Crippen LogP contribution in [-0.4, -0.2) is 52.6 Å². The molecule has 0 aromatic heterocycles. The largest absolute Gasteiger partial charge is 0.497 e. The number of piperidine rings is 1. The smallest absolute Gasteiger partial charge is 0.253 e. The van der Waals surface area contributed by atoms with E-state index in [0.717, 1.165) is 44.3 Å². The number of sulfonamides is 1. The standard InChI is InChI=1S/C25H32N2O5S/c1-31-22-10-5-18(6-11-22)3-4-19-13-15-27(16-14-19)25(28)20-7-12-23(32-2)24(17-20)33(29,30)26-21-8-9-21/h5-7,10-12,17,19,21,26H,3-4,8-9,13-16H2,1-2H3. The Labute approximate surface area is 196 Å². The molecule has 1 aliphatic heterocycles. The highest BCUT2D eigenvalue weighted by atomic mass is 32.2. The lowest BCUT2D eigenvalue weighted by molar-refractivity contribution is 0.0686. The molecular weight excluding hydrogens is 440 g/mol. The van der Waals surface area contributed by atoms with Crippen LogP contribution in [0.3, 0.4) is 0 Å². The van der Waals surface area contributed by atoms with Crippen LogP contribution < -0.4 is 14.2 Å². The molecule has 2 aromatic rings. The molecule has 1 saturated heterocycles. The van der Waals surface area contributed by atoms with Crippen molar-refractivity contribution in [3.8, 4) is 11.5 Å². The van der Waals surface area contributed by atoms with Crippen LogP contribution in [0.4, 0.5) is 0 Å². The highest BCUT2D eigenvalue weighted by Gasteiger charge is 2.31. The van der Waals surface area contributed by atoms with Crippen LogP contribution in [0.5, 0.6) is 11.5 Å². The Bertz CT molecular complexity index is 1070. The fraction of sp³-hybridized carbons (Fsp3) is 0.480. The van der Waals surface area contributed by atoms with Crippen LogP contribution in [0, 0.1) is 5.92 Å².